The number of halogens is 1. The zero-order chi connectivity index (χ0) is 13.1. The second kappa shape index (κ2) is 5.18. The van der Waals surface area contributed by atoms with Crippen molar-refractivity contribution in [1.82, 2.24) is 4.57 Å². The monoisotopic (exact) mass is 250 g/mol. The van der Waals surface area contributed by atoms with Crippen LogP contribution in [0.5, 0.6) is 0 Å². The minimum Gasteiger partial charge on any atom is -0.396 e. The van der Waals surface area contributed by atoms with Gasteiger partial charge in [-0.25, -0.2) is 4.39 Å². The third-order valence-corrected chi connectivity index (χ3v) is 2.86. The van der Waals surface area contributed by atoms with E-state index in [1.165, 1.54) is 12.1 Å². The molecule has 1 amide bonds. The number of aliphatic hydroxyl groups excluding tert-OH is 1. The highest BCUT2D eigenvalue weighted by Gasteiger charge is 2.10. The van der Waals surface area contributed by atoms with Gasteiger partial charge < -0.3 is 15.4 Å². The van der Waals surface area contributed by atoms with Crippen LogP contribution < -0.4 is 5.73 Å². The standard InChI is InChI=1S/C13H15FN2O2/c14-10-3-4-12-11(6-10)9(2-1-5-17)7-16(12)8-13(15)18/h3-4,6-7,17H,1-2,5,8H2,(H2,15,18). The first-order chi connectivity index (χ1) is 8.61. The van der Waals surface area contributed by atoms with Crippen LogP contribution in [0.1, 0.15) is 12.0 Å². The topological polar surface area (TPSA) is 68.2 Å². The SMILES string of the molecule is NC(=O)Cn1cc(CCCO)c2cc(F)ccc21. The van der Waals surface area contributed by atoms with Crippen LogP contribution >= 0.6 is 0 Å². The van der Waals surface area contributed by atoms with Crippen molar-refractivity contribution in [2.75, 3.05) is 6.61 Å². The average molecular weight is 250 g/mol. The van der Waals surface area contributed by atoms with Gasteiger partial charge in [-0.05, 0) is 36.6 Å². The number of primary amides is 1. The first-order valence-electron chi connectivity index (χ1n) is 5.78. The maximum atomic E-state index is 13.3. The number of aryl methyl sites for hydroxylation is 1. The predicted octanol–water partition coefficient (Wildman–Crippen LogP) is 1.19. The van der Waals surface area contributed by atoms with Crippen molar-refractivity contribution in [2.45, 2.75) is 19.4 Å². The Morgan fingerprint density at radius 2 is 2.22 bits per heavy atom. The molecule has 0 saturated heterocycles. The van der Waals surface area contributed by atoms with Gasteiger partial charge >= 0.3 is 0 Å². The Morgan fingerprint density at radius 3 is 2.89 bits per heavy atom. The fourth-order valence-electron chi connectivity index (χ4n) is 2.11. The lowest BCUT2D eigenvalue weighted by atomic mass is 10.1. The number of hydrogen-bond donors (Lipinski definition) is 2. The lowest BCUT2D eigenvalue weighted by Crippen LogP contribution is -2.17. The third-order valence-electron chi connectivity index (χ3n) is 2.86. The molecule has 0 unspecified atom stereocenters. The van der Waals surface area contributed by atoms with E-state index in [4.69, 9.17) is 10.8 Å². The molecule has 0 atom stereocenters. The van der Waals surface area contributed by atoms with Crippen LogP contribution in [-0.2, 0) is 17.8 Å². The van der Waals surface area contributed by atoms with Gasteiger partial charge in [0.1, 0.15) is 12.4 Å². The lowest BCUT2D eigenvalue weighted by molar-refractivity contribution is -0.118. The Kier molecular flexibility index (Phi) is 3.62. The second-order valence-electron chi connectivity index (χ2n) is 4.24. The predicted molar refractivity (Wildman–Crippen MR) is 66.5 cm³/mol. The molecule has 0 fully saturated rings. The van der Waals surface area contributed by atoms with Crippen molar-refractivity contribution < 1.29 is 14.3 Å². The van der Waals surface area contributed by atoms with Crippen molar-refractivity contribution >= 4 is 16.8 Å². The minimum absolute atomic E-state index is 0.0707. The summed E-state index contributed by atoms with van der Waals surface area (Å²) in [5.41, 5.74) is 6.88. The largest absolute Gasteiger partial charge is 0.396 e. The van der Waals surface area contributed by atoms with Crippen LogP contribution in [0.15, 0.2) is 24.4 Å². The molecule has 0 spiro atoms. The second-order valence-corrected chi connectivity index (χ2v) is 4.24. The fraction of sp³-hybridized carbons (Fsp3) is 0.308. The molecule has 0 aliphatic heterocycles. The number of hydrogen-bond acceptors (Lipinski definition) is 2. The summed E-state index contributed by atoms with van der Waals surface area (Å²) in [5, 5.41) is 9.62. The Bertz CT molecular complexity index is 578. The number of aliphatic hydroxyl groups is 1. The molecule has 1 aromatic heterocycles. The first-order valence-corrected chi connectivity index (χ1v) is 5.78. The fourth-order valence-corrected chi connectivity index (χ4v) is 2.11. The van der Waals surface area contributed by atoms with Gasteiger partial charge in [-0.1, -0.05) is 0 Å². The summed E-state index contributed by atoms with van der Waals surface area (Å²) in [7, 11) is 0. The third kappa shape index (κ3) is 2.51. The molecule has 2 rings (SSSR count). The molecule has 0 saturated carbocycles. The highest BCUT2D eigenvalue weighted by atomic mass is 19.1. The van der Waals surface area contributed by atoms with Gasteiger partial charge in [0.15, 0.2) is 0 Å². The lowest BCUT2D eigenvalue weighted by Gasteiger charge is -2.00. The van der Waals surface area contributed by atoms with Crippen LogP contribution in [0, 0.1) is 5.82 Å². The van der Waals surface area contributed by atoms with E-state index in [0.717, 1.165) is 16.5 Å². The van der Waals surface area contributed by atoms with Gasteiger partial charge in [0.25, 0.3) is 0 Å². The molecule has 1 aromatic carbocycles. The molecule has 4 nitrogen and oxygen atoms in total. The van der Waals surface area contributed by atoms with E-state index >= 15 is 0 Å². The van der Waals surface area contributed by atoms with Gasteiger partial charge in [-0.2, -0.15) is 0 Å². The van der Waals surface area contributed by atoms with E-state index in [1.807, 2.05) is 0 Å². The van der Waals surface area contributed by atoms with E-state index in [2.05, 4.69) is 0 Å². The quantitative estimate of drug-likeness (QED) is 0.837. The Balaban J connectivity index is 2.48. The Labute approximate surface area is 104 Å². The summed E-state index contributed by atoms with van der Waals surface area (Å²) in [4.78, 5) is 11.0. The summed E-state index contributed by atoms with van der Waals surface area (Å²) in [6.45, 7) is 0.152. The number of aromatic nitrogens is 1. The molecule has 0 aliphatic rings. The zero-order valence-corrected chi connectivity index (χ0v) is 9.90. The molecule has 0 aliphatic carbocycles. The summed E-state index contributed by atoms with van der Waals surface area (Å²) in [5.74, 6) is -0.755. The van der Waals surface area contributed by atoms with Gasteiger partial charge in [0, 0.05) is 23.7 Å². The number of fused-ring (bicyclic) bond motifs is 1. The first kappa shape index (κ1) is 12.6. The van der Waals surface area contributed by atoms with Crippen molar-refractivity contribution in [3.8, 4) is 0 Å². The van der Waals surface area contributed by atoms with E-state index in [0.29, 0.717) is 12.8 Å². The number of carbonyl (C=O) groups is 1. The summed E-state index contributed by atoms with van der Waals surface area (Å²) in [6.07, 6.45) is 3.04. The maximum Gasteiger partial charge on any atom is 0.237 e. The number of amides is 1. The van der Waals surface area contributed by atoms with Crippen LogP contribution in [0.4, 0.5) is 4.39 Å². The van der Waals surface area contributed by atoms with Crippen LogP contribution in [0.25, 0.3) is 10.9 Å². The minimum atomic E-state index is -0.440. The van der Waals surface area contributed by atoms with Gasteiger partial charge in [-0.15, -0.1) is 0 Å². The van der Waals surface area contributed by atoms with Crippen LogP contribution in [0.3, 0.4) is 0 Å². The number of rotatable bonds is 5. The Morgan fingerprint density at radius 1 is 1.44 bits per heavy atom. The molecule has 5 heteroatoms. The zero-order valence-electron chi connectivity index (χ0n) is 9.90. The van der Waals surface area contributed by atoms with Crippen LogP contribution in [-0.4, -0.2) is 22.2 Å². The van der Waals surface area contributed by atoms with Crippen molar-refractivity contribution in [3.63, 3.8) is 0 Å². The summed E-state index contributed by atoms with van der Waals surface area (Å²) < 4.78 is 15.0. The van der Waals surface area contributed by atoms with Gasteiger partial charge in [0.2, 0.25) is 5.91 Å². The number of nitrogens with zero attached hydrogens (tertiary/aromatic N) is 1. The number of nitrogens with two attached hydrogens (primary N) is 1. The molecule has 2 aromatic rings. The molecular weight excluding hydrogens is 235 g/mol. The van der Waals surface area contributed by atoms with Crippen LogP contribution in [0.2, 0.25) is 0 Å². The molecular formula is C13H15FN2O2. The summed E-state index contributed by atoms with van der Waals surface area (Å²) in [6, 6.07) is 4.44. The van der Waals surface area contributed by atoms with Crippen molar-refractivity contribution in [1.29, 1.82) is 0 Å². The Hall–Kier alpha value is -1.88. The summed E-state index contributed by atoms with van der Waals surface area (Å²) >= 11 is 0. The molecule has 1 heterocycles. The van der Waals surface area contributed by atoms with Gasteiger partial charge in [-0.3, -0.25) is 4.79 Å². The number of benzene rings is 1. The highest BCUT2D eigenvalue weighted by Crippen LogP contribution is 2.23. The van der Waals surface area contributed by atoms with Crippen molar-refractivity contribution in [2.24, 2.45) is 5.73 Å². The normalized spacial score (nSPS) is 11.0. The van der Waals surface area contributed by atoms with E-state index < -0.39 is 5.91 Å². The molecule has 0 bridgehead atoms. The van der Waals surface area contributed by atoms with E-state index in [1.54, 1.807) is 16.8 Å². The van der Waals surface area contributed by atoms with Gasteiger partial charge in [0.05, 0.1) is 0 Å². The average Bonchev–Trinajstić information content (AvgIpc) is 2.63. The smallest absolute Gasteiger partial charge is 0.237 e. The highest BCUT2D eigenvalue weighted by molar-refractivity contribution is 5.86. The number of carbonyl (C=O) groups excluding carboxylic acids is 1. The van der Waals surface area contributed by atoms with Crippen molar-refractivity contribution in [3.05, 3.63) is 35.8 Å². The van der Waals surface area contributed by atoms with E-state index in [-0.39, 0.29) is 19.0 Å². The maximum absolute atomic E-state index is 13.3. The molecule has 3 N–H and O–H groups in total. The molecule has 0 radical (unpaired) electrons. The molecule has 96 valence electrons. The van der Waals surface area contributed by atoms with E-state index in [9.17, 15) is 9.18 Å². The molecule has 18 heavy (non-hydrogen) atoms.